The van der Waals surface area contributed by atoms with Crippen LogP contribution >= 0.6 is 0 Å². The van der Waals surface area contributed by atoms with Crippen LogP contribution in [0, 0.1) is 6.92 Å². The molecule has 5 heteroatoms. The molecule has 0 aliphatic rings. The van der Waals surface area contributed by atoms with Crippen molar-refractivity contribution < 1.29 is 13.2 Å². The number of rotatable bonds is 7. The van der Waals surface area contributed by atoms with Gasteiger partial charge in [0, 0.05) is 6.04 Å². The fourth-order valence-corrected chi connectivity index (χ4v) is 2.17. The van der Waals surface area contributed by atoms with Gasteiger partial charge in [-0.1, -0.05) is 36.8 Å². The first-order chi connectivity index (χ1) is 9.31. The number of alkyl halides is 3. The Bertz CT molecular complexity index is 387. The van der Waals surface area contributed by atoms with Gasteiger partial charge in [-0.05, 0) is 39.0 Å². The predicted octanol–water partition coefficient (Wildman–Crippen LogP) is 3.53. The van der Waals surface area contributed by atoms with Gasteiger partial charge < -0.3 is 5.32 Å². The fraction of sp³-hybridized carbons (Fsp3) is 0.600. The zero-order valence-corrected chi connectivity index (χ0v) is 12.3. The molecular formula is C15H23F3N2. The first-order valence-electron chi connectivity index (χ1n) is 6.87. The van der Waals surface area contributed by atoms with E-state index in [1.165, 1.54) is 17.5 Å². The van der Waals surface area contributed by atoms with E-state index in [0.717, 1.165) is 12.1 Å². The molecule has 1 rings (SSSR count). The van der Waals surface area contributed by atoms with E-state index in [1.54, 1.807) is 0 Å². The molecule has 0 fully saturated rings. The van der Waals surface area contributed by atoms with Gasteiger partial charge in [-0.25, -0.2) is 0 Å². The van der Waals surface area contributed by atoms with Crippen LogP contribution in [-0.4, -0.2) is 37.8 Å². The number of benzene rings is 1. The van der Waals surface area contributed by atoms with E-state index in [4.69, 9.17) is 0 Å². The van der Waals surface area contributed by atoms with Crippen LogP contribution in [0.25, 0.3) is 0 Å². The summed E-state index contributed by atoms with van der Waals surface area (Å²) >= 11 is 0. The lowest BCUT2D eigenvalue weighted by molar-refractivity contribution is -0.143. The zero-order chi connectivity index (χ0) is 15.2. The van der Waals surface area contributed by atoms with E-state index in [9.17, 15) is 13.2 Å². The van der Waals surface area contributed by atoms with Crippen molar-refractivity contribution in [1.29, 1.82) is 0 Å². The van der Waals surface area contributed by atoms with Gasteiger partial charge >= 0.3 is 6.18 Å². The monoisotopic (exact) mass is 288 g/mol. The summed E-state index contributed by atoms with van der Waals surface area (Å²) < 4.78 is 36.9. The highest BCUT2D eigenvalue weighted by atomic mass is 19.4. The maximum Gasteiger partial charge on any atom is 0.401 e. The zero-order valence-electron chi connectivity index (χ0n) is 12.3. The summed E-state index contributed by atoms with van der Waals surface area (Å²) in [5, 5.41) is 3.33. The molecule has 0 radical (unpaired) electrons. The number of aryl methyl sites for hydroxylation is 1. The molecule has 1 N–H and O–H groups in total. The normalized spacial score (nSPS) is 13.8. The maximum absolute atomic E-state index is 12.3. The van der Waals surface area contributed by atoms with Crippen LogP contribution in [-0.2, 0) is 0 Å². The number of nitrogens with one attached hydrogen (secondary N) is 1. The van der Waals surface area contributed by atoms with Gasteiger partial charge in [-0.15, -0.1) is 0 Å². The molecule has 0 saturated heterocycles. The summed E-state index contributed by atoms with van der Waals surface area (Å²) in [6, 6.07) is 8.22. The molecule has 20 heavy (non-hydrogen) atoms. The lowest BCUT2D eigenvalue weighted by Gasteiger charge is -2.23. The molecule has 114 valence electrons. The van der Waals surface area contributed by atoms with Crippen molar-refractivity contribution in [2.45, 2.75) is 32.5 Å². The van der Waals surface area contributed by atoms with E-state index in [0.29, 0.717) is 13.0 Å². The third-order valence-electron chi connectivity index (χ3n) is 3.18. The Morgan fingerprint density at radius 2 is 1.80 bits per heavy atom. The van der Waals surface area contributed by atoms with E-state index < -0.39 is 12.7 Å². The highest BCUT2D eigenvalue weighted by molar-refractivity contribution is 5.24. The molecule has 0 aliphatic carbocycles. The summed E-state index contributed by atoms with van der Waals surface area (Å²) in [7, 11) is 1.51. The average Bonchev–Trinajstić information content (AvgIpc) is 2.33. The molecule has 1 unspecified atom stereocenters. The molecule has 0 amide bonds. The Labute approximate surface area is 119 Å². The number of hydrogen-bond donors (Lipinski definition) is 1. The number of halogens is 3. The molecule has 2 nitrogen and oxygen atoms in total. The Kier molecular flexibility index (Phi) is 6.49. The molecule has 1 aromatic carbocycles. The number of hydrogen-bond acceptors (Lipinski definition) is 2. The number of nitrogens with zero attached hydrogens (tertiary/aromatic N) is 1. The van der Waals surface area contributed by atoms with Gasteiger partial charge in [0.05, 0.1) is 6.54 Å². The van der Waals surface area contributed by atoms with Crippen molar-refractivity contribution in [3.05, 3.63) is 35.4 Å². The van der Waals surface area contributed by atoms with Gasteiger partial charge in [0.2, 0.25) is 0 Å². The van der Waals surface area contributed by atoms with Crippen molar-refractivity contribution in [3.8, 4) is 0 Å². The highest BCUT2D eigenvalue weighted by Crippen LogP contribution is 2.20. The smallest absolute Gasteiger partial charge is 0.310 e. The van der Waals surface area contributed by atoms with Gasteiger partial charge in [-0.3, -0.25) is 4.90 Å². The minimum Gasteiger partial charge on any atom is -0.310 e. The lowest BCUT2D eigenvalue weighted by Crippen LogP contribution is -2.33. The first-order valence-corrected chi connectivity index (χ1v) is 6.87. The van der Waals surface area contributed by atoms with Crippen LogP contribution in [0.2, 0.25) is 0 Å². The highest BCUT2D eigenvalue weighted by Gasteiger charge is 2.29. The summed E-state index contributed by atoms with van der Waals surface area (Å²) in [5.74, 6) is 0. The van der Waals surface area contributed by atoms with Crippen LogP contribution in [0.5, 0.6) is 0 Å². The van der Waals surface area contributed by atoms with Gasteiger partial charge in [0.1, 0.15) is 0 Å². The van der Waals surface area contributed by atoms with Crippen LogP contribution in [0.3, 0.4) is 0 Å². The summed E-state index contributed by atoms with van der Waals surface area (Å²) in [4.78, 5) is 1.32. The predicted molar refractivity (Wildman–Crippen MR) is 75.8 cm³/mol. The van der Waals surface area contributed by atoms with Gasteiger partial charge in [0.15, 0.2) is 0 Å². The van der Waals surface area contributed by atoms with E-state index >= 15 is 0 Å². The Morgan fingerprint density at radius 1 is 1.20 bits per heavy atom. The van der Waals surface area contributed by atoms with Crippen LogP contribution in [0.4, 0.5) is 13.2 Å². The quantitative estimate of drug-likeness (QED) is 0.825. The Morgan fingerprint density at radius 3 is 2.30 bits per heavy atom. The third kappa shape index (κ3) is 6.39. The molecular weight excluding hydrogens is 265 g/mol. The second kappa shape index (κ2) is 7.64. The minimum absolute atomic E-state index is 0.0938. The SMILES string of the molecule is CCNC(CCN(C)CC(F)(F)F)c1ccc(C)cc1. The van der Waals surface area contributed by atoms with E-state index in [1.807, 2.05) is 38.1 Å². The van der Waals surface area contributed by atoms with Gasteiger partial charge in [0.25, 0.3) is 0 Å². The largest absolute Gasteiger partial charge is 0.401 e. The molecule has 0 aromatic heterocycles. The second-order valence-corrected chi connectivity index (χ2v) is 5.16. The van der Waals surface area contributed by atoms with Crippen molar-refractivity contribution in [2.24, 2.45) is 0 Å². The standard InChI is InChI=1S/C15H23F3N2/c1-4-19-14(13-7-5-12(2)6-8-13)9-10-20(3)11-15(16,17)18/h5-8,14,19H,4,9-11H2,1-3H3. The van der Waals surface area contributed by atoms with Crippen molar-refractivity contribution in [1.82, 2.24) is 10.2 Å². The lowest BCUT2D eigenvalue weighted by atomic mass is 10.0. The van der Waals surface area contributed by atoms with Crippen molar-refractivity contribution >= 4 is 0 Å². The van der Waals surface area contributed by atoms with Gasteiger partial charge in [-0.2, -0.15) is 13.2 Å². The molecule has 0 bridgehead atoms. The average molecular weight is 288 g/mol. The topological polar surface area (TPSA) is 15.3 Å². The first kappa shape index (κ1) is 17.0. The summed E-state index contributed by atoms with van der Waals surface area (Å²) in [6.07, 6.45) is -3.48. The molecule has 0 saturated carbocycles. The molecule has 1 aromatic rings. The second-order valence-electron chi connectivity index (χ2n) is 5.16. The van der Waals surface area contributed by atoms with Crippen LogP contribution < -0.4 is 5.32 Å². The van der Waals surface area contributed by atoms with Crippen LogP contribution in [0.15, 0.2) is 24.3 Å². The van der Waals surface area contributed by atoms with Crippen molar-refractivity contribution in [3.63, 3.8) is 0 Å². The maximum atomic E-state index is 12.3. The fourth-order valence-electron chi connectivity index (χ4n) is 2.17. The van der Waals surface area contributed by atoms with E-state index in [2.05, 4.69) is 5.32 Å². The Balaban J connectivity index is 2.57. The minimum atomic E-state index is -4.13. The van der Waals surface area contributed by atoms with Crippen LogP contribution in [0.1, 0.15) is 30.5 Å². The summed E-state index contributed by atoms with van der Waals surface area (Å²) in [5.41, 5.74) is 2.30. The Hall–Kier alpha value is -1.07. The summed E-state index contributed by atoms with van der Waals surface area (Å²) in [6.45, 7) is 4.36. The molecule has 1 atom stereocenters. The molecule has 0 spiro atoms. The van der Waals surface area contributed by atoms with Crippen molar-refractivity contribution in [2.75, 3.05) is 26.7 Å². The van der Waals surface area contributed by atoms with E-state index in [-0.39, 0.29) is 6.04 Å². The third-order valence-corrected chi connectivity index (χ3v) is 3.18. The molecule has 0 heterocycles. The molecule has 0 aliphatic heterocycles.